The van der Waals surface area contributed by atoms with Crippen molar-refractivity contribution in [2.24, 2.45) is 4.99 Å². The van der Waals surface area contributed by atoms with Crippen LogP contribution in [-0.4, -0.2) is 15.9 Å². The van der Waals surface area contributed by atoms with E-state index in [4.69, 9.17) is 23.2 Å². The molecule has 0 unspecified atom stereocenters. The van der Waals surface area contributed by atoms with Gasteiger partial charge < -0.3 is 5.11 Å². The van der Waals surface area contributed by atoms with E-state index < -0.39 is 0 Å². The Morgan fingerprint density at radius 3 is 2.14 bits per heavy atom. The van der Waals surface area contributed by atoms with E-state index in [9.17, 15) is 9.90 Å². The molecule has 0 amide bonds. The first-order valence-corrected chi connectivity index (χ1v) is 9.23. The quantitative estimate of drug-likeness (QED) is 0.438. The van der Waals surface area contributed by atoms with E-state index >= 15 is 0 Å². The number of para-hydroxylation sites is 2. The number of benzene rings is 3. The van der Waals surface area contributed by atoms with Gasteiger partial charge in [0.1, 0.15) is 0 Å². The summed E-state index contributed by atoms with van der Waals surface area (Å²) < 4.78 is 1.19. The summed E-state index contributed by atoms with van der Waals surface area (Å²) in [7, 11) is 0. The third-order valence-corrected chi connectivity index (χ3v) is 5.02. The molecule has 1 heterocycles. The molecule has 3 aromatic carbocycles. The van der Waals surface area contributed by atoms with E-state index in [-0.39, 0.29) is 11.4 Å². The Hall–Kier alpha value is -3.08. The van der Waals surface area contributed by atoms with Gasteiger partial charge in [0.25, 0.3) is 5.56 Å². The zero-order chi connectivity index (χ0) is 19.7. The molecule has 0 aliphatic heterocycles. The molecule has 1 N–H and O–H groups in total. The molecule has 4 rings (SSSR count). The lowest BCUT2D eigenvalue weighted by Gasteiger charge is -2.14. The van der Waals surface area contributed by atoms with Gasteiger partial charge in [-0.3, -0.25) is 9.79 Å². The molecule has 0 saturated carbocycles. The number of pyridine rings is 1. The molecular formula is C22H14Cl2N2O2. The summed E-state index contributed by atoms with van der Waals surface area (Å²) in [5.41, 5.74) is 0.985. The minimum Gasteiger partial charge on any atom is -0.494 e. The van der Waals surface area contributed by atoms with E-state index in [1.54, 1.807) is 60.7 Å². The lowest BCUT2D eigenvalue weighted by atomic mass is 10.1. The van der Waals surface area contributed by atoms with Gasteiger partial charge in [-0.05, 0) is 30.3 Å². The van der Waals surface area contributed by atoms with Crippen molar-refractivity contribution in [2.75, 3.05) is 0 Å². The highest BCUT2D eigenvalue weighted by molar-refractivity contribution is 6.33. The molecule has 138 valence electrons. The SMILES string of the molecule is O=c1c2ccccc2c(C=Nc2ccccc2Cl)c(O)n1-c1ccccc1Cl. The van der Waals surface area contributed by atoms with Crippen LogP contribution in [0.2, 0.25) is 10.0 Å². The Kier molecular flexibility index (Phi) is 4.90. The lowest BCUT2D eigenvalue weighted by molar-refractivity contribution is 0.436. The van der Waals surface area contributed by atoms with Crippen molar-refractivity contribution in [1.82, 2.24) is 4.57 Å². The topological polar surface area (TPSA) is 54.6 Å². The van der Waals surface area contributed by atoms with Crippen LogP contribution >= 0.6 is 23.2 Å². The van der Waals surface area contributed by atoms with Crippen molar-refractivity contribution >= 4 is 45.9 Å². The number of hydrogen-bond donors (Lipinski definition) is 1. The van der Waals surface area contributed by atoms with Crippen molar-refractivity contribution in [3.8, 4) is 11.6 Å². The molecule has 28 heavy (non-hydrogen) atoms. The van der Waals surface area contributed by atoms with E-state index in [1.165, 1.54) is 10.8 Å². The van der Waals surface area contributed by atoms with E-state index in [1.807, 2.05) is 12.1 Å². The maximum absolute atomic E-state index is 13.1. The van der Waals surface area contributed by atoms with Crippen LogP contribution in [0.25, 0.3) is 16.5 Å². The van der Waals surface area contributed by atoms with Gasteiger partial charge in [-0.2, -0.15) is 0 Å². The summed E-state index contributed by atoms with van der Waals surface area (Å²) >= 11 is 12.5. The summed E-state index contributed by atoms with van der Waals surface area (Å²) in [6, 6.07) is 21.0. The number of aromatic hydroxyl groups is 1. The number of aliphatic imine (C=N–C) groups is 1. The zero-order valence-corrected chi connectivity index (χ0v) is 16.0. The summed E-state index contributed by atoms with van der Waals surface area (Å²) in [6.07, 6.45) is 1.51. The maximum Gasteiger partial charge on any atom is 0.265 e. The molecule has 0 aliphatic carbocycles. The molecular weight excluding hydrogens is 395 g/mol. The Morgan fingerprint density at radius 2 is 1.43 bits per heavy atom. The predicted octanol–water partition coefficient (Wildman–Crippen LogP) is 5.75. The van der Waals surface area contributed by atoms with Gasteiger partial charge in [-0.25, -0.2) is 4.57 Å². The first kappa shape index (κ1) is 18.3. The first-order valence-electron chi connectivity index (χ1n) is 8.48. The largest absolute Gasteiger partial charge is 0.494 e. The Morgan fingerprint density at radius 1 is 0.821 bits per heavy atom. The molecule has 4 nitrogen and oxygen atoms in total. The number of halogens is 2. The third kappa shape index (κ3) is 3.17. The van der Waals surface area contributed by atoms with Crippen LogP contribution in [0.1, 0.15) is 5.56 Å². The monoisotopic (exact) mass is 408 g/mol. The second-order valence-corrected chi connectivity index (χ2v) is 6.90. The number of hydrogen-bond acceptors (Lipinski definition) is 3. The molecule has 6 heteroatoms. The van der Waals surface area contributed by atoms with Crippen molar-refractivity contribution in [2.45, 2.75) is 0 Å². The van der Waals surface area contributed by atoms with Gasteiger partial charge in [0, 0.05) is 17.0 Å². The van der Waals surface area contributed by atoms with Gasteiger partial charge >= 0.3 is 0 Å². The van der Waals surface area contributed by atoms with Gasteiger partial charge in [0.2, 0.25) is 5.88 Å². The summed E-state index contributed by atoms with van der Waals surface area (Å²) in [5, 5.41) is 12.8. The second kappa shape index (κ2) is 7.50. The highest BCUT2D eigenvalue weighted by Crippen LogP contribution is 2.30. The van der Waals surface area contributed by atoms with Gasteiger partial charge in [-0.15, -0.1) is 0 Å². The Labute approximate surface area is 170 Å². The minimum absolute atomic E-state index is 0.243. The molecule has 0 atom stereocenters. The molecule has 0 spiro atoms. The molecule has 0 fully saturated rings. The molecule has 0 radical (unpaired) electrons. The van der Waals surface area contributed by atoms with E-state index in [0.717, 1.165) is 0 Å². The van der Waals surface area contributed by atoms with Gasteiger partial charge in [0.15, 0.2) is 0 Å². The highest BCUT2D eigenvalue weighted by Gasteiger charge is 2.17. The molecule has 0 bridgehead atoms. The van der Waals surface area contributed by atoms with Crippen LogP contribution in [0, 0.1) is 0 Å². The lowest BCUT2D eigenvalue weighted by Crippen LogP contribution is -2.20. The second-order valence-electron chi connectivity index (χ2n) is 6.08. The third-order valence-electron chi connectivity index (χ3n) is 4.38. The summed E-state index contributed by atoms with van der Waals surface area (Å²) in [4.78, 5) is 17.5. The summed E-state index contributed by atoms with van der Waals surface area (Å²) in [5.74, 6) is -0.243. The average molecular weight is 409 g/mol. The zero-order valence-electron chi connectivity index (χ0n) is 14.5. The Bertz CT molecular complexity index is 1280. The standard InChI is InChI=1S/C22H14Cl2N2O2/c23-17-9-3-5-11-19(17)25-13-16-14-7-1-2-8-15(14)21(27)26(22(16)28)20-12-6-4-10-18(20)24/h1-13,28H. The molecule has 0 aliphatic rings. The van der Waals surface area contributed by atoms with Crippen molar-refractivity contribution in [3.63, 3.8) is 0 Å². The number of nitrogens with zero attached hydrogens (tertiary/aromatic N) is 2. The fourth-order valence-electron chi connectivity index (χ4n) is 3.04. The number of rotatable bonds is 3. The van der Waals surface area contributed by atoms with Crippen LogP contribution in [0.4, 0.5) is 5.69 Å². The van der Waals surface area contributed by atoms with Crippen LogP contribution < -0.4 is 5.56 Å². The first-order chi connectivity index (χ1) is 13.6. The number of fused-ring (bicyclic) bond motifs is 1. The smallest absolute Gasteiger partial charge is 0.265 e. The average Bonchev–Trinajstić information content (AvgIpc) is 2.70. The molecule has 0 saturated heterocycles. The maximum atomic E-state index is 13.1. The van der Waals surface area contributed by atoms with Crippen LogP contribution in [-0.2, 0) is 0 Å². The van der Waals surface area contributed by atoms with Crippen molar-refractivity contribution in [1.29, 1.82) is 0 Å². The minimum atomic E-state index is -0.365. The van der Waals surface area contributed by atoms with E-state index in [2.05, 4.69) is 4.99 Å². The normalized spacial score (nSPS) is 11.4. The Balaban J connectivity index is 2.02. The van der Waals surface area contributed by atoms with Crippen molar-refractivity contribution in [3.05, 3.63) is 98.8 Å². The van der Waals surface area contributed by atoms with Gasteiger partial charge in [0.05, 0.1) is 27.0 Å². The van der Waals surface area contributed by atoms with Gasteiger partial charge in [-0.1, -0.05) is 65.7 Å². The molecule has 4 aromatic rings. The predicted molar refractivity (Wildman–Crippen MR) is 115 cm³/mol. The van der Waals surface area contributed by atoms with Crippen LogP contribution in [0.15, 0.2) is 82.6 Å². The van der Waals surface area contributed by atoms with Crippen LogP contribution in [0.3, 0.4) is 0 Å². The van der Waals surface area contributed by atoms with Crippen molar-refractivity contribution < 1.29 is 5.11 Å². The van der Waals surface area contributed by atoms with E-state index in [0.29, 0.717) is 37.8 Å². The molecule has 1 aromatic heterocycles. The number of aromatic nitrogens is 1. The highest BCUT2D eigenvalue weighted by atomic mass is 35.5. The van der Waals surface area contributed by atoms with Crippen LogP contribution in [0.5, 0.6) is 5.88 Å². The fraction of sp³-hybridized carbons (Fsp3) is 0. The fourth-order valence-corrected chi connectivity index (χ4v) is 3.44. The summed E-state index contributed by atoms with van der Waals surface area (Å²) in [6.45, 7) is 0.